The van der Waals surface area contributed by atoms with Gasteiger partial charge in [-0.3, -0.25) is 5.32 Å². The first-order valence-corrected chi connectivity index (χ1v) is 11.5. The van der Waals surface area contributed by atoms with Crippen molar-refractivity contribution in [3.63, 3.8) is 0 Å². The van der Waals surface area contributed by atoms with Crippen molar-refractivity contribution in [2.24, 2.45) is 29.6 Å². The molecule has 0 aromatic rings. The van der Waals surface area contributed by atoms with Crippen LogP contribution in [0.1, 0.15) is 45.4 Å². The summed E-state index contributed by atoms with van der Waals surface area (Å²) in [4.78, 5) is 0. The van der Waals surface area contributed by atoms with Crippen molar-refractivity contribution < 1.29 is 23.4 Å². The Morgan fingerprint density at radius 1 is 1.26 bits per heavy atom. The van der Waals surface area contributed by atoms with Gasteiger partial charge in [-0.05, 0) is 62.8 Å². The maximum absolute atomic E-state index is 13.5. The fourth-order valence-electron chi connectivity index (χ4n) is 5.79. The Morgan fingerprint density at radius 3 is 2.68 bits per heavy atom. The molecule has 2 fully saturated rings. The number of nitrogens with one attached hydrogen (secondary N) is 3. The zero-order valence-electron chi connectivity index (χ0n) is 18.1. The Kier molecular flexibility index (Phi) is 8.27. The molecule has 0 aromatic heterocycles. The van der Waals surface area contributed by atoms with E-state index in [2.05, 4.69) is 17.6 Å². The minimum absolute atomic E-state index is 0.0365. The van der Waals surface area contributed by atoms with E-state index in [1.165, 1.54) is 6.08 Å². The summed E-state index contributed by atoms with van der Waals surface area (Å²) in [6, 6.07) is -1.54. The van der Waals surface area contributed by atoms with Crippen LogP contribution < -0.4 is 10.6 Å². The second-order valence-electron chi connectivity index (χ2n) is 9.81. The predicted octanol–water partition coefficient (Wildman–Crippen LogP) is 2.79. The van der Waals surface area contributed by atoms with Gasteiger partial charge in [0.25, 0.3) is 0 Å². The van der Waals surface area contributed by atoms with Crippen LogP contribution in [-0.4, -0.2) is 61.4 Å². The monoisotopic (exact) mass is 441 g/mol. The zero-order chi connectivity index (χ0) is 22.8. The average molecular weight is 441 g/mol. The molecule has 1 saturated carbocycles. The quantitative estimate of drug-likeness (QED) is 0.190. The normalized spacial score (nSPS) is 40.5. The highest BCUT2D eigenvalue weighted by Crippen LogP contribution is 2.39. The molecular formula is C22H35BF3N3O2. The second kappa shape index (κ2) is 10.4. The molecule has 3 rings (SSSR count). The van der Waals surface area contributed by atoms with Crippen LogP contribution in [0, 0.1) is 35.0 Å². The van der Waals surface area contributed by atoms with Crippen LogP contribution in [0.15, 0.2) is 12.2 Å². The lowest BCUT2D eigenvalue weighted by Gasteiger charge is -2.42. The number of hydrogen-bond donors (Lipinski definition) is 5. The number of hydrogen-bond acceptors (Lipinski definition) is 5. The maximum Gasteiger partial charge on any atom is 0.396 e. The third-order valence-electron chi connectivity index (χ3n) is 7.27. The van der Waals surface area contributed by atoms with Crippen molar-refractivity contribution in [2.75, 3.05) is 13.2 Å². The average Bonchev–Trinajstić information content (AvgIpc) is 2.71. The zero-order valence-corrected chi connectivity index (χ0v) is 18.1. The number of alkyl halides is 3. The minimum atomic E-state index is -4.42. The third kappa shape index (κ3) is 6.12. The van der Waals surface area contributed by atoms with Gasteiger partial charge >= 0.3 is 6.18 Å². The van der Waals surface area contributed by atoms with Gasteiger partial charge in [-0.2, -0.15) is 13.2 Å². The van der Waals surface area contributed by atoms with E-state index >= 15 is 0 Å². The molecule has 174 valence electrons. The maximum atomic E-state index is 13.5. The topological polar surface area (TPSA) is 88.4 Å². The first-order valence-electron chi connectivity index (χ1n) is 11.5. The number of piperidine rings is 1. The van der Waals surface area contributed by atoms with Crippen molar-refractivity contribution in [3.8, 4) is 0 Å². The van der Waals surface area contributed by atoms with Crippen LogP contribution in [0.25, 0.3) is 0 Å². The van der Waals surface area contributed by atoms with Crippen molar-refractivity contribution >= 4 is 13.6 Å². The number of halogens is 3. The molecular weight excluding hydrogens is 406 g/mol. The molecule has 9 atom stereocenters. The van der Waals surface area contributed by atoms with Crippen LogP contribution in [-0.2, 0) is 0 Å². The summed E-state index contributed by atoms with van der Waals surface area (Å²) in [7, 11) is 5.85. The van der Waals surface area contributed by atoms with Gasteiger partial charge in [0.2, 0.25) is 0 Å². The number of aliphatic hydroxyl groups is 2. The van der Waals surface area contributed by atoms with Crippen molar-refractivity contribution in [1.29, 1.82) is 5.41 Å². The summed E-state index contributed by atoms with van der Waals surface area (Å²) in [6.45, 7) is 2.89. The molecule has 31 heavy (non-hydrogen) atoms. The predicted molar refractivity (Wildman–Crippen MR) is 115 cm³/mol. The number of aliphatic hydroxyl groups excluding tert-OH is 2. The summed E-state index contributed by atoms with van der Waals surface area (Å²) in [6.07, 6.45) is 1.07. The molecule has 0 amide bonds. The van der Waals surface area contributed by atoms with Gasteiger partial charge in [0.05, 0.1) is 19.8 Å². The lowest BCUT2D eigenvalue weighted by atomic mass is 9.69. The van der Waals surface area contributed by atoms with E-state index in [9.17, 15) is 23.4 Å². The number of rotatable bonds is 6. The standard InChI is InChI=1S/C22H35BF3N3O2/c1-12-7-13(11-30)9-14(8-12)19(27)16-3-2-6-28-20(16)21(31)29-18-10-15(23)4-5-17(18)22(24,25)26/h4-5,12-18,20-21,27-31H,2-3,6-11H2,1H3. The molecule has 0 aromatic carbocycles. The largest absolute Gasteiger partial charge is 0.396 e. The lowest BCUT2D eigenvalue weighted by Crippen LogP contribution is -2.60. The van der Waals surface area contributed by atoms with E-state index in [1.807, 2.05) is 0 Å². The van der Waals surface area contributed by atoms with E-state index in [4.69, 9.17) is 13.3 Å². The smallest absolute Gasteiger partial charge is 0.396 e. The second-order valence-corrected chi connectivity index (χ2v) is 9.81. The van der Waals surface area contributed by atoms with Crippen molar-refractivity contribution in [1.82, 2.24) is 10.6 Å². The highest BCUT2D eigenvalue weighted by Gasteiger charge is 2.46. The Labute approximate surface area is 184 Å². The third-order valence-corrected chi connectivity index (χ3v) is 7.27. The summed E-state index contributed by atoms with van der Waals surface area (Å²) in [5.41, 5.74) is 0.552. The molecule has 2 aliphatic carbocycles. The van der Waals surface area contributed by atoms with E-state index in [1.54, 1.807) is 0 Å². The molecule has 1 saturated heterocycles. The van der Waals surface area contributed by atoms with Crippen LogP contribution in [0.5, 0.6) is 0 Å². The van der Waals surface area contributed by atoms with Gasteiger partial charge in [0.15, 0.2) is 0 Å². The Bertz CT molecular complexity index is 648. The van der Waals surface area contributed by atoms with Gasteiger partial charge in [0, 0.05) is 24.3 Å². The fourth-order valence-corrected chi connectivity index (χ4v) is 5.79. The summed E-state index contributed by atoms with van der Waals surface area (Å²) >= 11 is 0. The van der Waals surface area contributed by atoms with Crippen molar-refractivity contribution in [2.45, 2.75) is 75.8 Å². The van der Waals surface area contributed by atoms with Crippen LogP contribution >= 0.6 is 0 Å². The van der Waals surface area contributed by atoms with E-state index in [0.717, 1.165) is 38.2 Å². The highest BCUT2D eigenvalue weighted by atomic mass is 19.4. The van der Waals surface area contributed by atoms with Crippen LogP contribution in [0.4, 0.5) is 13.2 Å². The Morgan fingerprint density at radius 2 is 2.00 bits per heavy atom. The minimum Gasteiger partial charge on any atom is -0.396 e. The molecule has 2 radical (unpaired) electrons. The van der Waals surface area contributed by atoms with Crippen molar-refractivity contribution in [3.05, 3.63) is 12.2 Å². The summed E-state index contributed by atoms with van der Waals surface area (Å²) in [5, 5.41) is 35.5. The fraction of sp³-hybridized carbons (Fsp3) is 0.864. The molecule has 1 aliphatic heterocycles. The van der Waals surface area contributed by atoms with Crippen LogP contribution in [0.3, 0.4) is 0 Å². The summed E-state index contributed by atoms with van der Waals surface area (Å²) in [5.74, 6) is -1.81. The first kappa shape index (κ1) is 24.7. The highest BCUT2D eigenvalue weighted by molar-refractivity contribution is 6.13. The van der Waals surface area contributed by atoms with E-state index in [-0.39, 0.29) is 30.8 Å². The first-order chi connectivity index (χ1) is 14.6. The molecule has 5 N–H and O–H groups in total. The SMILES string of the molecule is [B]C1C=CC(C(F)(F)F)C(NC(O)C2NCCCC2C(=N)C2CC(C)CC(CO)C2)C1. The summed E-state index contributed by atoms with van der Waals surface area (Å²) < 4.78 is 40.4. The molecule has 0 spiro atoms. The van der Waals surface area contributed by atoms with Crippen LogP contribution in [0.2, 0.25) is 5.82 Å². The molecule has 1 heterocycles. The van der Waals surface area contributed by atoms with Gasteiger partial charge in [0.1, 0.15) is 6.23 Å². The number of allylic oxidation sites excluding steroid dienone is 1. The van der Waals surface area contributed by atoms with E-state index in [0.29, 0.717) is 18.2 Å². The molecule has 3 aliphatic rings. The van der Waals surface area contributed by atoms with Gasteiger partial charge in [-0.15, -0.1) is 0 Å². The Hall–Kier alpha value is -0.895. The molecule has 0 bridgehead atoms. The van der Waals surface area contributed by atoms with Gasteiger partial charge in [-0.25, -0.2) is 0 Å². The molecule has 5 nitrogen and oxygen atoms in total. The lowest BCUT2D eigenvalue weighted by molar-refractivity contribution is -0.172. The molecule has 9 unspecified atom stereocenters. The van der Waals surface area contributed by atoms with Gasteiger partial charge < -0.3 is 20.9 Å². The van der Waals surface area contributed by atoms with E-state index < -0.39 is 36.2 Å². The molecule has 9 heteroatoms. The van der Waals surface area contributed by atoms with Gasteiger partial charge in [-0.1, -0.05) is 24.9 Å². The Balaban J connectivity index is 1.70.